The Bertz CT molecular complexity index is 413. The smallest absolute Gasteiger partial charge is 0.123 e. The second kappa shape index (κ2) is 6.38. The first kappa shape index (κ1) is 14.3. The molecule has 106 valence electrons. The molecule has 0 saturated heterocycles. The van der Waals surface area contributed by atoms with Crippen molar-refractivity contribution in [1.82, 2.24) is 0 Å². The van der Waals surface area contributed by atoms with E-state index >= 15 is 0 Å². The van der Waals surface area contributed by atoms with E-state index in [0.29, 0.717) is 11.6 Å². The molecule has 19 heavy (non-hydrogen) atoms. The maximum atomic E-state index is 13.4. The Morgan fingerprint density at radius 2 is 2.00 bits per heavy atom. The largest absolute Gasteiger partial charge is 0.389 e. The van der Waals surface area contributed by atoms with Gasteiger partial charge in [0.05, 0.1) is 6.10 Å². The zero-order valence-corrected chi connectivity index (χ0v) is 11.9. The fourth-order valence-corrected chi connectivity index (χ4v) is 3.14. The van der Waals surface area contributed by atoms with Gasteiger partial charge in [-0.15, -0.1) is 0 Å². The molecule has 1 aromatic rings. The number of hydrogen-bond donors (Lipinski definition) is 1. The molecular weight excluding hydrogens is 241 g/mol. The van der Waals surface area contributed by atoms with Crippen LogP contribution in [0.4, 0.5) is 10.1 Å². The molecule has 1 unspecified atom stereocenters. The topological polar surface area (TPSA) is 23.5 Å². The fraction of sp³-hybridized carbons (Fsp3) is 0.625. The summed E-state index contributed by atoms with van der Waals surface area (Å²) >= 11 is 0. The number of aliphatic hydroxyl groups excluding tert-OH is 1. The van der Waals surface area contributed by atoms with Gasteiger partial charge in [-0.3, -0.25) is 0 Å². The van der Waals surface area contributed by atoms with E-state index in [1.54, 1.807) is 6.92 Å². The van der Waals surface area contributed by atoms with Gasteiger partial charge in [-0.25, -0.2) is 4.39 Å². The maximum absolute atomic E-state index is 13.4. The van der Waals surface area contributed by atoms with Gasteiger partial charge in [0, 0.05) is 23.8 Å². The minimum absolute atomic E-state index is 0.278. The minimum Gasteiger partial charge on any atom is -0.389 e. The Hall–Kier alpha value is -1.09. The van der Waals surface area contributed by atoms with Crippen molar-refractivity contribution in [1.29, 1.82) is 0 Å². The number of rotatable bonds is 4. The summed E-state index contributed by atoms with van der Waals surface area (Å²) in [7, 11) is 0. The van der Waals surface area contributed by atoms with E-state index in [1.165, 1.54) is 44.2 Å². The number of hydrogen-bond acceptors (Lipinski definition) is 2. The van der Waals surface area contributed by atoms with Crippen molar-refractivity contribution < 1.29 is 9.50 Å². The molecule has 1 atom stereocenters. The normalized spacial score (nSPS) is 18.3. The van der Waals surface area contributed by atoms with E-state index < -0.39 is 6.10 Å². The lowest BCUT2D eigenvalue weighted by Crippen LogP contribution is -2.37. The predicted octanol–water partition coefficient (Wildman–Crippen LogP) is 4.04. The van der Waals surface area contributed by atoms with Gasteiger partial charge < -0.3 is 10.0 Å². The molecule has 3 heteroatoms. The van der Waals surface area contributed by atoms with E-state index in [2.05, 4.69) is 11.8 Å². The molecule has 0 aliphatic heterocycles. The Balaban J connectivity index is 2.31. The summed E-state index contributed by atoms with van der Waals surface area (Å²) in [6, 6.07) is 5.30. The van der Waals surface area contributed by atoms with Crippen molar-refractivity contribution in [3.05, 3.63) is 29.6 Å². The van der Waals surface area contributed by atoms with Crippen LogP contribution in [0.15, 0.2) is 18.2 Å². The van der Waals surface area contributed by atoms with Crippen molar-refractivity contribution >= 4 is 5.69 Å². The molecule has 0 amide bonds. The number of nitrogens with zero attached hydrogens (tertiary/aromatic N) is 1. The predicted molar refractivity (Wildman–Crippen MR) is 76.9 cm³/mol. The third-order valence-corrected chi connectivity index (χ3v) is 4.11. The van der Waals surface area contributed by atoms with Gasteiger partial charge in [-0.2, -0.15) is 0 Å². The number of halogens is 1. The number of aliphatic hydroxyl groups is 1. The van der Waals surface area contributed by atoms with E-state index in [4.69, 9.17) is 0 Å². The summed E-state index contributed by atoms with van der Waals surface area (Å²) in [6.45, 7) is 4.73. The second-order valence-corrected chi connectivity index (χ2v) is 5.46. The van der Waals surface area contributed by atoms with E-state index in [0.717, 1.165) is 12.2 Å². The van der Waals surface area contributed by atoms with Gasteiger partial charge in [0.2, 0.25) is 0 Å². The van der Waals surface area contributed by atoms with Gasteiger partial charge in [-0.1, -0.05) is 19.3 Å². The summed E-state index contributed by atoms with van der Waals surface area (Å²) in [5.74, 6) is -0.278. The van der Waals surface area contributed by atoms with Crippen molar-refractivity contribution in [2.24, 2.45) is 0 Å². The summed E-state index contributed by atoms with van der Waals surface area (Å²) in [5, 5.41) is 9.88. The molecular formula is C16H24FNO. The van der Waals surface area contributed by atoms with E-state index in [9.17, 15) is 9.50 Å². The van der Waals surface area contributed by atoms with Gasteiger partial charge in [0.25, 0.3) is 0 Å². The molecule has 1 saturated carbocycles. The third kappa shape index (κ3) is 3.27. The third-order valence-electron chi connectivity index (χ3n) is 4.11. The molecule has 0 aromatic heterocycles. The first-order valence-corrected chi connectivity index (χ1v) is 7.37. The average Bonchev–Trinajstić information content (AvgIpc) is 2.42. The van der Waals surface area contributed by atoms with Crippen LogP contribution in [0.2, 0.25) is 0 Å². The van der Waals surface area contributed by atoms with Gasteiger partial charge >= 0.3 is 0 Å². The van der Waals surface area contributed by atoms with Crippen molar-refractivity contribution in [3.63, 3.8) is 0 Å². The molecule has 1 N–H and O–H groups in total. The van der Waals surface area contributed by atoms with Gasteiger partial charge in [-0.05, 0) is 44.9 Å². The van der Waals surface area contributed by atoms with Gasteiger partial charge in [0.15, 0.2) is 0 Å². The zero-order valence-electron chi connectivity index (χ0n) is 11.9. The molecule has 0 heterocycles. The molecule has 0 radical (unpaired) electrons. The van der Waals surface area contributed by atoms with Gasteiger partial charge in [0.1, 0.15) is 5.82 Å². The highest BCUT2D eigenvalue weighted by Gasteiger charge is 2.23. The van der Waals surface area contributed by atoms with Crippen LogP contribution in [0.3, 0.4) is 0 Å². The number of benzene rings is 1. The summed E-state index contributed by atoms with van der Waals surface area (Å²) < 4.78 is 13.4. The fourth-order valence-electron chi connectivity index (χ4n) is 3.14. The Morgan fingerprint density at radius 1 is 1.32 bits per heavy atom. The SMILES string of the molecule is CCN(c1ccc(F)cc1C(C)O)C1CCCCC1. The van der Waals surface area contributed by atoms with Crippen molar-refractivity contribution in [3.8, 4) is 0 Å². The van der Waals surface area contributed by atoms with Crippen LogP contribution in [0.25, 0.3) is 0 Å². The van der Waals surface area contributed by atoms with E-state index in [-0.39, 0.29) is 5.82 Å². The second-order valence-electron chi connectivity index (χ2n) is 5.46. The van der Waals surface area contributed by atoms with Crippen LogP contribution in [-0.4, -0.2) is 17.7 Å². The highest BCUT2D eigenvalue weighted by atomic mass is 19.1. The first-order chi connectivity index (χ1) is 9.13. The summed E-state index contributed by atoms with van der Waals surface area (Å²) in [6.07, 6.45) is 5.62. The Morgan fingerprint density at radius 3 is 2.58 bits per heavy atom. The molecule has 1 fully saturated rings. The van der Waals surface area contributed by atoms with Crippen molar-refractivity contribution in [2.75, 3.05) is 11.4 Å². The highest BCUT2D eigenvalue weighted by molar-refractivity contribution is 5.55. The van der Waals surface area contributed by atoms with Crippen molar-refractivity contribution in [2.45, 2.75) is 58.1 Å². The molecule has 0 spiro atoms. The summed E-state index contributed by atoms with van der Waals surface area (Å²) in [5.41, 5.74) is 1.69. The zero-order chi connectivity index (χ0) is 13.8. The Kier molecular flexibility index (Phi) is 4.81. The van der Waals surface area contributed by atoms with E-state index in [1.807, 2.05) is 6.07 Å². The molecule has 2 nitrogen and oxygen atoms in total. The van der Waals surface area contributed by atoms with Crippen LogP contribution >= 0.6 is 0 Å². The maximum Gasteiger partial charge on any atom is 0.123 e. The molecule has 1 aliphatic rings. The Labute approximate surface area is 115 Å². The van der Waals surface area contributed by atoms with Crippen LogP contribution < -0.4 is 4.90 Å². The number of anilines is 1. The molecule has 1 aromatic carbocycles. The minimum atomic E-state index is -0.636. The average molecular weight is 265 g/mol. The lowest BCUT2D eigenvalue weighted by atomic mass is 9.93. The lowest BCUT2D eigenvalue weighted by Gasteiger charge is -2.37. The molecule has 2 rings (SSSR count). The highest BCUT2D eigenvalue weighted by Crippen LogP contribution is 2.32. The first-order valence-electron chi connectivity index (χ1n) is 7.37. The standard InChI is InChI=1S/C16H24FNO/c1-3-18(14-7-5-4-6-8-14)16-10-9-13(17)11-15(16)12(2)19/h9-12,14,19H,3-8H2,1-2H3. The van der Waals surface area contributed by atoms with Crippen LogP contribution in [0, 0.1) is 5.82 Å². The summed E-state index contributed by atoms with van der Waals surface area (Å²) in [4.78, 5) is 2.33. The monoisotopic (exact) mass is 265 g/mol. The molecule has 0 bridgehead atoms. The lowest BCUT2D eigenvalue weighted by molar-refractivity contribution is 0.199. The van der Waals surface area contributed by atoms with Crippen LogP contribution in [0.1, 0.15) is 57.6 Å². The quantitative estimate of drug-likeness (QED) is 0.888. The van der Waals surface area contributed by atoms with Crippen LogP contribution in [0.5, 0.6) is 0 Å². The molecule has 1 aliphatic carbocycles. The van der Waals surface area contributed by atoms with Crippen LogP contribution in [-0.2, 0) is 0 Å².